The smallest absolute Gasteiger partial charge is 0.124 e. The van der Waals surface area contributed by atoms with Crippen LogP contribution in [0.3, 0.4) is 0 Å². The van der Waals surface area contributed by atoms with Gasteiger partial charge in [-0.1, -0.05) is 19.9 Å². The highest BCUT2D eigenvalue weighted by Crippen LogP contribution is 2.37. The Labute approximate surface area is 73.3 Å². The third kappa shape index (κ3) is 1.58. The number of aldehydes is 1. The van der Waals surface area contributed by atoms with Crippen molar-refractivity contribution < 1.29 is 9.90 Å². The highest BCUT2D eigenvalue weighted by Gasteiger charge is 2.33. The number of carbonyl (C=O) groups excluding carboxylic acids is 1. The summed E-state index contributed by atoms with van der Waals surface area (Å²) in [6.45, 7) is 5.97. The maximum Gasteiger partial charge on any atom is 0.124 e. The Balaban J connectivity index is 2.93. The van der Waals surface area contributed by atoms with E-state index in [1.807, 2.05) is 26.8 Å². The fourth-order valence-corrected chi connectivity index (χ4v) is 1.75. The lowest BCUT2D eigenvalue weighted by molar-refractivity contribution is -0.114. The average Bonchev–Trinajstić information content (AvgIpc) is 1.96. The maximum atomic E-state index is 10.7. The van der Waals surface area contributed by atoms with Crippen LogP contribution in [-0.2, 0) is 4.79 Å². The fraction of sp³-hybridized carbons (Fsp3) is 0.700. The van der Waals surface area contributed by atoms with Gasteiger partial charge in [-0.3, -0.25) is 0 Å². The van der Waals surface area contributed by atoms with Crippen LogP contribution >= 0.6 is 0 Å². The molecule has 0 bridgehead atoms. The minimum atomic E-state index is -0.423. The van der Waals surface area contributed by atoms with E-state index in [9.17, 15) is 9.90 Å². The Hall–Kier alpha value is -0.630. The van der Waals surface area contributed by atoms with E-state index in [0.717, 1.165) is 11.9 Å². The first-order chi connectivity index (χ1) is 5.47. The van der Waals surface area contributed by atoms with Crippen LogP contribution in [0.15, 0.2) is 11.6 Å². The Bertz CT molecular complexity index is 216. The van der Waals surface area contributed by atoms with Crippen LogP contribution in [0.25, 0.3) is 0 Å². The van der Waals surface area contributed by atoms with Crippen molar-refractivity contribution in [1.29, 1.82) is 0 Å². The van der Waals surface area contributed by atoms with Gasteiger partial charge in [-0.05, 0) is 24.3 Å². The molecule has 0 aromatic heterocycles. The van der Waals surface area contributed by atoms with Gasteiger partial charge in [0.15, 0.2) is 0 Å². The zero-order valence-electron chi connectivity index (χ0n) is 7.87. The van der Waals surface area contributed by atoms with Crippen molar-refractivity contribution in [3.8, 4) is 0 Å². The van der Waals surface area contributed by atoms with Crippen molar-refractivity contribution in [3.63, 3.8) is 0 Å². The summed E-state index contributed by atoms with van der Waals surface area (Å²) in [7, 11) is 0. The number of allylic oxidation sites excluding steroid dienone is 1. The van der Waals surface area contributed by atoms with Crippen molar-refractivity contribution in [1.82, 2.24) is 0 Å². The zero-order chi connectivity index (χ0) is 9.35. The average molecular weight is 168 g/mol. The second-order valence-electron chi connectivity index (χ2n) is 4.20. The molecule has 1 aliphatic rings. The Morgan fingerprint density at radius 3 is 2.75 bits per heavy atom. The molecule has 0 fully saturated rings. The Morgan fingerprint density at radius 2 is 2.25 bits per heavy atom. The van der Waals surface area contributed by atoms with Gasteiger partial charge in [-0.2, -0.15) is 0 Å². The van der Waals surface area contributed by atoms with Gasteiger partial charge in [0, 0.05) is 5.92 Å². The quantitative estimate of drug-likeness (QED) is 0.476. The predicted molar refractivity (Wildman–Crippen MR) is 47.7 cm³/mol. The van der Waals surface area contributed by atoms with Crippen LogP contribution in [0, 0.1) is 11.3 Å². The van der Waals surface area contributed by atoms with E-state index >= 15 is 0 Å². The molecular weight excluding hydrogens is 152 g/mol. The lowest BCUT2D eigenvalue weighted by Gasteiger charge is -2.35. The van der Waals surface area contributed by atoms with Crippen LogP contribution in [0.2, 0.25) is 0 Å². The minimum absolute atomic E-state index is 0.0452. The highest BCUT2D eigenvalue weighted by molar-refractivity contribution is 5.56. The summed E-state index contributed by atoms with van der Waals surface area (Å²) in [5, 5.41) is 9.48. The molecule has 0 amide bonds. The van der Waals surface area contributed by atoms with E-state index in [-0.39, 0.29) is 11.3 Å². The third-order valence-corrected chi connectivity index (χ3v) is 2.72. The molecule has 1 rings (SSSR count). The Morgan fingerprint density at radius 1 is 1.67 bits per heavy atom. The molecule has 0 saturated carbocycles. The summed E-state index contributed by atoms with van der Waals surface area (Å²) < 4.78 is 0. The molecule has 2 atom stereocenters. The number of hydrogen-bond donors (Lipinski definition) is 1. The molecule has 68 valence electrons. The zero-order valence-corrected chi connectivity index (χ0v) is 7.87. The van der Waals surface area contributed by atoms with E-state index in [0.29, 0.717) is 6.42 Å². The van der Waals surface area contributed by atoms with Gasteiger partial charge in [0.25, 0.3) is 0 Å². The predicted octanol–water partition coefficient (Wildman–Crippen LogP) is 1.54. The van der Waals surface area contributed by atoms with Gasteiger partial charge >= 0.3 is 0 Å². The number of aliphatic hydroxyl groups is 1. The lowest BCUT2D eigenvalue weighted by Crippen LogP contribution is -2.33. The summed E-state index contributed by atoms with van der Waals surface area (Å²) in [5.74, 6) is -0.0452. The number of rotatable bonds is 1. The number of aliphatic hydroxyl groups excluding tert-OH is 1. The van der Waals surface area contributed by atoms with Gasteiger partial charge < -0.3 is 9.90 Å². The van der Waals surface area contributed by atoms with Crippen LogP contribution < -0.4 is 0 Å². The van der Waals surface area contributed by atoms with E-state index < -0.39 is 6.10 Å². The fourth-order valence-electron chi connectivity index (χ4n) is 1.75. The molecule has 2 nitrogen and oxygen atoms in total. The summed E-state index contributed by atoms with van der Waals surface area (Å²) in [4.78, 5) is 10.7. The monoisotopic (exact) mass is 168 g/mol. The van der Waals surface area contributed by atoms with Crippen molar-refractivity contribution in [2.24, 2.45) is 11.3 Å². The molecule has 1 aliphatic carbocycles. The van der Waals surface area contributed by atoms with Gasteiger partial charge in [0.2, 0.25) is 0 Å². The molecule has 0 aliphatic heterocycles. The van der Waals surface area contributed by atoms with Crippen LogP contribution in [0.5, 0.6) is 0 Å². The van der Waals surface area contributed by atoms with Crippen molar-refractivity contribution in [2.45, 2.75) is 33.3 Å². The van der Waals surface area contributed by atoms with Crippen molar-refractivity contribution >= 4 is 6.29 Å². The first kappa shape index (κ1) is 9.46. The minimum Gasteiger partial charge on any atom is -0.389 e. The number of hydrogen-bond acceptors (Lipinski definition) is 2. The van der Waals surface area contributed by atoms with E-state index in [4.69, 9.17) is 0 Å². The van der Waals surface area contributed by atoms with Crippen LogP contribution in [0.4, 0.5) is 0 Å². The molecule has 0 saturated heterocycles. The molecule has 2 heteroatoms. The second-order valence-corrected chi connectivity index (χ2v) is 4.20. The van der Waals surface area contributed by atoms with Crippen LogP contribution in [0.1, 0.15) is 27.2 Å². The molecule has 0 heterocycles. The molecule has 0 unspecified atom stereocenters. The topological polar surface area (TPSA) is 37.3 Å². The SMILES string of the molecule is CC1=CC(C)(C)[C@H](C=O)C[C@H]1O. The molecule has 0 aromatic rings. The first-order valence-electron chi connectivity index (χ1n) is 4.30. The van der Waals surface area contributed by atoms with Crippen molar-refractivity contribution in [2.75, 3.05) is 0 Å². The van der Waals surface area contributed by atoms with E-state index in [2.05, 4.69) is 0 Å². The molecule has 0 radical (unpaired) electrons. The summed E-state index contributed by atoms with van der Waals surface area (Å²) in [6.07, 6.45) is 3.10. The first-order valence-corrected chi connectivity index (χ1v) is 4.30. The van der Waals surface area contributed by atoms with Crippen LogP contribution in [-0.4, -0.2) is 17.5 Å². The summed E-state index contributed by atoms with van der Waals surface area (Å²) >= 11 is 0. The second kappa shape index (κ2) is 3.02. The molecule has 0 aromatic carbocycles. The highest BCUT2D eigenvalue weighted by atomic mass is 16.3. The van der Waals surface area contributed by atoms with Gasteiger partial charge in [-0.25, -0.2) is 0 Å². The molecule has 1 N–H and O–H groups in total. The third-order valence-electron chi connectivity index (χ3n) is 2.72. The van der Waals surface area contributed by atoms with E-state index in [1.54, 1.807) is 0 Å². The largest absolute Gasteiger partial charge is 0.389 e. The van der Waals surface area contributed by atoms with Gasteiger partial charge in [-0.15, -0.1) is 0 Å². The lowest BCUT2D eigenvalue weighted by atomic mass is 9.71. The Kier molecular flexibility index (Phi) is 2.38. The standard InChI is InChI=1S/C10H16O2/c1-7-5-10(2,3)8(6-11)4-9(7)12/h5-6,8-9,12H,4H2,1-3H3/t8-,9+/m0/s1. The maximum absolute atomic E-state index is 10.7. The van der Waals surface area contributed by atoms with Gasteiger partial charge in [0.05, 0.1) is 6.10 Å². The van der Waals surface area contributed by atoms with E-state index in [1.165, 1.54) is 0 Å². The molecule has 12 heavy (non-hydrogen) atoms. The summed E-state index contributed by atoms with van der Waals surface area (Å²) in [6, 6.07) is 0. The molecule has 0 spiro atoms. The van der Waals surface area contributed by atoms with Crippen molar-refractivity contribution in [3.05, 3.63) is 11.6 Å². The number of carbonyl (C=O) groups is 1. The molecular formula is C10H16O2. The van der Waals surface area contributed by atoms with Gasteiger partial charge in [0.1, 0.15) is 6.29 Å². The summed E-state index contributed by atoms with van der Waals surface area (Å²) in [5.41, 5.74) is 0.892. The normalized spacial score (nSPS) is 34.2.